The Labute approximate surface area is 69.2 Å². The highest BCUT2D eigenvalue weighted by atomic mass is 16.3. The molecule has 1 N–H and O–H groups in total. The van der Waals surface area contributed by atoms with E-state index in [4.69, 9.17) is 5.11 Å². The van der Waals surface area contributed by atoms with Crippen LogP contribution in [0.3, 0.4) is 0 Å². The number of hydrogen-bond acceptors (Lipinski definition) is 2. The van der Waals surface area contributed by atoms with Gasteiger partial charge >= 0.3 is 0 Å². The predicted octanol–water partition coefficient (Wildman–Crippen LogP) is 1.10. The van der Waals surface area contributed by atoms with Crippen LogP contribution in [-0.4, -0.2) is 37.3 Å². The molecule has 0 unspecified atom stereocenters. The Hall–Kier alpha value is -0.0800. The minimum Gasteiger partial charge on any atom is -0.396 e. The van der Waals surface area contributed by atoms with E-state index >= 15 is 0 Å². The van der Waals surface area contributed by atoms with Gasteiger partial charge in [-0.2, -0.15) is 0 Å². The molecule has 0 aromatic carbocycles. The van der Waals surface area contributed by atoms with Gasteiger partial charge in [-0.25, -0.2) is 0 Å². The summed E-state index contributed by atoms with van der Waals surface area (Å²) in [6.07, 6.45) is 4.95. The van der Waals surface area contributed by atoms with Crippen molar-refractivity contribution in [2.24, 2.45) is 5.41 Å². The highest BCUT2D eigenvalue weighted by molar-refractivity contribution is 4.92. The van der Waals surface area contributed by atoms with Crippen molar-refractivity contribution in [3.8, 4) is 0 Å². The normalized spacial score (nSPS) is 20.7. The summed E-state index contributed by atoms with van der Waals surface area (Å²) in [4.78, 5) is 2.22. The molecule has 0 aliphatic heterocycles. The average molecular weight is 157 g/mol. The first-order valence-corrected chi connectivity index (χ1v) is 4.44. The van der Waals surface area contributed by atoms with E-state index in [1.54, 1.807) is 0 Å². The molecule has 0 radical (unpaired) electrons. The van der Waals surface area contributed by atoms with E-state index in [2.05, 4.69) is 19.0 Å². The number of rotatable bonds is 5. The molecule has 1 fully saturated rings. The quantitative estimate of drug-likeness (QED) is 0.646. The Morgan fingerprint density at radius 2 is 1.91 bits per heavy atom. The van der Waals surface area contributed by atoms with Crippen LogP contribution < -0.4 is 0 Å². The van der Waals surface area contributed by atoms with Crippen LogP contribution in [0.2, 0.25) is 0 Å². The summed E-state index contributed by atoms with van der Waals surface area (Å²) < 4.78 is 0. The van der Waals surface area contributed by atoms with Crippen LogP contribution in [0.15, 0.2) is 0 Å². The Balaban J connectivity index is 2.14. The van der Waals surface area contributed by atoms with Gasteiger partial charge in [0.2, 0.25) is 0 Å². The molecule has 1 aliphatic carbocycles. The lowest BCUT2D eigenvalue weighted by Crippen LogP contribution is -2.17. The summed E-state index contributed by atoms with van der Waals surface area (Å²) >= 11 is 0. The smallest absolute Gasteiger partial charge is 0.0436 e. The van der Waals surface area contributed by atoms with Gasteiger partial charge in [-0.1, -0.05) is 0 Å². The first kappa shape index (κ1) is 9.01. The van der Waals surface area contributed by atoms with Crippen molar-refractivity contribution >= 4 is 0 Å². The average Bonchev–Trinajstić information content (AvgIpc) is 2.67. The van der Waals surface area contributed by atoms with Crippen molar-refractivity contribution in [1.29, 1.82) is 0 Å². The van der Waals surface area contributed by atoms with Crippen LogP contribution in [-0.2, 0) is 0 Å². The van der Waals surface area contributed by atoms with E-state index < -0.39 is 0 Å². The Kier molecular flexibility index (Phi) is 2.90. The Morgan fingerprint density at radius 3 is 2.27 bits per heavy atom. The molecular weight excluding hydrogens is 138 g/mol. The molecule has 1 saturated carbocycles. The molecule has 0 spiro atoms. The molecule has 1 aliphatic rings. The first-order chi connectivity index (χ1) is 5.18. The summed E-state index contributed by atoms with van der Waals surface area (Å²) in [6, 6.07) is 0. The molecule has 0 saturated heterocycles. The van der Waals surface area contributed by atoms with Crippen molar-refractivity contribution in [1.82, 2.24) is 4.90 Å². The van der Waals surface area contributed by atoms with Crippen molar-refractivity contribution in [3.63, 3.8) is 0 Å². The van der Waals surface area contributed by atoms with Gasteiger partial charge in [0.15, 0.2) is 0 Å². The number of aliphatic hydroxyl groups is 1. The molecule has 66 valence electrons. The highest BCUT2D eigenvalue weighted by Gasteiger charge is 2.40. The van der Waals surface area contributed by atoms with Crippen LogP contribution in [0.25, 0.3) is 0 Å². The van der Waals surface area contributed by atoms with Crippen LogP contribution in [0.5, 0.6) is 0 Å². The van der Waals surface area contributed by atoms with Gasteiger partial charge in [-0.05, 0) is 51.7 Å². The lowest BCUT2D eigenvalue weighted by atomic mass is 9.98. The van der Waals surface area contributed by atoms with Crippen molar-refractivity contribution in [3.05, 3.63) is 0 Å². The second-order valence-corrected chi connectivity index (χ2v) is 4.03. The number of nitrogens with zero attached hydrogens (tertiary/aromatic N) is 1. The SMILES string of the molecule is CN(C)CCC1(CCO)CC1. The van der Waals surface area contributed by atoms with Crippen molar-refractivity contribution < 1.29 is 5.11 Å². The highest BCUT2D eigenvalue weighted by Crippen LogP contribution is 2.51. The maximum Gasteiger partial charge on any atom is 0.0436 e. The zero-order valence-electron chi connectivity index (χ0n) is 7.64. The minimum absolute atomic E-state index is 0.368. The van der Waals surface area contributed by atoms with E-state index in [-0.39, 0.29) is 0 Å². The first-order valence-electron chi connectivity index (χ1n) is 4.44. The molecule has 0 aromatic heterocycles. The van der Waals surface area contributed by atoms with E-state index in [1.165, 1.54) is 25.8 Å². The number of hydrogen-bond donors (Lipinski definition) is 1. The Bertz CT molecular complexity index is 119. The molecule has 11 heavy (non-hydrogen) atoms. The van der Waals surface area contributed by atoms with Gasteiger partial charge in [-0.3, -0.25) is 0 Å². The predicted molar refractivity (Wildman–Crippen MR) is 46.5 cm³/mol. The molecule has 0 aromatic rings. The molecule has 1 rings (SSSR count). The lowest BCUT2D eigenvalue weighted by molar-refractivity contribution is 0.231. The third-order valence-corrected chi connectivity index (χ3v) is 2.69. The van der Waals surface area contributed by atoms with Crippen LogP contribution in [0.1, 0.15) is 25.7 Å². The van der Waals surface area contributed by atoms with Gasteiger partial charge in [0, 0.05) is 6.61 Å². The van der Waals surface area contributed by atoms with Gasteiger partial charge in [0.05, 0.1) is 0 Å². The fourth-order valence-corrected chi connectivity index (χ4v) is 1.50. The van der Waals surface area contributed by atoms with Gasteiger partial charge in [0.1, 0.15) is 0 Å². The van der Waals surface area contributed by atoms with Crippen molar-refractivity contribution in [2.45, 2.75) is 25.7 Å². The van der Waals surface area contributed by atoms with Crippen LogP contribution >= 0.6 is 0 Å². The summed E-state index contributed by atoms with van der Waals surface area (Å²) in [5.41, 5.74) is 0.541. The fraction of sp³-hybridized carbons (Fsp3) is 1.00. The summed E-state index contributed by atoms with van der Waals surface area (Å²) in [5, 5.41) is 8.79. The third kappa shape index (κ3) is 2.80. The van der Waals surface area contributed by atoms with E-state index in [9.17, 15) is 0 Å². The van der Waals surface area contributed by atoms with Crippen LogP contribution in [0, 0.1) is 5.41 Å². The third-order valence-electron chi connectivity index (χ3n) is 2.69. The summed E-state index contributed by atoms with van der Waals surface area (Å²) in [7, 11) is 4.21. The standard InChI is InChI=1S/C9H19NO/c1-10(2)7-5-9(3-4-9)6-8-11/h11H,3-8H2,1-2H3. The van der Waals surface area contributed by atoms with Gasteiger partial charge < -0.3 is 10.0 Å². The molecule has 2 heteroatoms. The lowest BCUT2D eigenvalue weighted by Gasteiger charge is -2.16. The van der Waals surface area contributed by atoms with E-state index in [1.807, 2.05) is 0 Å². The topological polar surface area (TPSA) is 23.5 Å². The molecule has 0 heterocycles. The van der Waals surface area contributed by atoms with Crippen molar-refractivity contribution in [2.75, 3.05) is 27.2 Å². The van der Waals surface area contributed by atoms with E-state index in [0.717, 1.165) is 6.42 Å². The van der Waals surface area contributed by atoms with Crippen LogP contribution in [0.4, 0.5) is 0 Å². The Morgan fingerprint density at radius 1 is 1.27 bits per heavy atom. The molecule has 0 amide bonds. The number of aliphatic hydroxyl groups excluding tert-OH is 1. The van der Waals surface area contributed by atoms with Gasteiger partial charge in [0.25, 0.3) is 0 Å². The fourth-order valence-electron chi connectivity index (χ4n) is 1.50. The van der Waals surface area contributed by atoms with Gasteiger partial charge in [-0.15, -0.1) is 0 Å². The molecular formula is C9H19NO. The summed E-state index contributed by atoms with van der Waals surface area (Å²) in [5.74, 6) is 0. The minimum atomic E-state index is 0.368. The zero-order chi connectivity index (χ0) is 8.32. The summed E-state index contributed by atoms with van der Waals surface area (Å²) in [6.45, 7) is 1.54. The second-order valence-electron chi connectivity index (χ2n) is 4.03. The monoisotopic (exact) mass is 157 g/mol. The van der Waals surface area contributed by atoms with E-state index in [0.29, 0.717) is 12.0 Å². The molecule has 2 nitrogen and oxygen atoms in total. The maximum atomic E-state index is 8.79. The molecule has 0 bridgehead atoms. The maximum absolute atomic E-state index is 8.79. The molecule has 0 atom stereocenters. The zero-order valence-corrected chi connectivity index (χ0v) is 7.64. The largest absolute Gasteiger partial charge is 0.396 e. The second kappa shape index (κ2) is 3.55.